The van der Waals surface area contributed by atoms with E-state index in [2.05, 4.69) is 29.2 Å². The predicted molar refractivity (Wildman–Crippen MR) is 82.0 cm³/mol. The Labute approximate surface area is 120 Å². The molecule has 0 aromatic carbocycles. The van der Waals surface area contributed by atoms with E-state index in [4.69, 9.17) is 5.84 Å². The molecule has 19 heavy (non-hydrogen) atoms. The summed E-state index contributed by atoms with van der Waals surface area (Å²) in [5, 5.41) is 0.810. The first-order valence-electron chi connectivity index (χ1n) is 7.34. The minimum atomic E-state index is 0.770. The van der Waals surface area contributed by atoms with E-state index in [0.29, 0.717) is 0 Å². The van der Waals surface area contributed by atoms with Gasteiger partial charge in [-0.05, 0) is 31.7 Å². The van der Waals surface area contributed by atoms with Gasteiger partial charge in [-0.25, -0.2) is 10.8 Å². The van der Waals surface area contributed by atoms with Gasteiger partial charge in [0.25, 0.3) is 0 Å². The smallest absolute Gasteiger partial charge is 0.197 e. The molecule has 1 aliphatic carbocycles. The summed E-state index contributed by atoms with van der Waals surface area (Å²) in [6.07, 6.45) is 8.73. The van der Waals surface area contributed by atoms with E-state index >= 15 is 0 Å². The Morgan fingerprint density at radius 3 is 2.79 bits per heavy atom. The van der Waals surface area contributed by atoms with Gasteiger partial charge in [0, 0.05) is 23.7 Å². The summed E-state index contributed by atoms with van der Waals surface area (Å²) in [5.74, 6) is 6.17. The zero-order valence-electron chi connectivity index (χ0n) is 12.1. The number of nitrogens with zero attached hydrogens (tertiary/aromatic N) is 2. The standard InChI is InChI=1S/C14H26N4S/c1-11(2)7-8-18(12-5-3-4-6-12)10-13-9-16-14(17-15)19-13/h9,11-12H,3-8,10,15H2,1-2H3,(H,16,17). The van der Waals surface area contributed by atoms with Gasteiger partial charge in [-0.3, -0.25) is 10.3 Å². The zero-order chi connectivity index (χ0) is 13.7. The van der Waals surface area contributed by atoms with E-state index in [1.165, 1.54) is 43.5 Å². The average Bonchev–Trinajstić information content (AvgIpc) is 3.05. The predicted octanol–water partition coefficient (Wildman–Crippen LogP) is 3.22. The maximum atomic E-state index is 5.40. The lowest BCUT2D eigenvalue weighted by atomic mass is 10.1. The second-order valence-electron chi connectivity index (χ2n) is 5.87. The Morgan fingerprint density at radius 2 is 2.21 bits per heavy atom. The SMILES string of the molecule is CC(C)CCN(Cc1cnc(NN)s1)C1CCCC1. The topological polar surface area (TPSA) is 54.2 Å². The molecule has 1 fully saturated rings. The third-order valence-corrected chi connectivity index (χ3v) is 4.78. The minimum Gasteiger partial charge on any atom is -0.300 e. The third-order valence-electron chi connectivity index (χ3n) is 3.87. The average molecular weight is 282 g/mol. The first-order valence-corrected chi connectivity index (χ1v) is 8.16. The van der Waals surface area contributed by atoms with E-state index in [-0.39, 0.29) is 0 Å². The Morgan fingerprint density at radius 1 is 1.47 bits per heavy atom. The molecule has 0 bridgehead atoms. The molecule has 0 saturated heterocycles. The highest BCUT2D eigenvalue weighted by Crippen LogP contribution is 2.27. The number of thiazole rings is 1. The number of hydrazine groups is 1. The van der Waals surface area contributed by atoms with Gasteiger partial charge in [-0.15, -0.1) is 0 Å². The lowest BCUT2D eigenvalue weighted by Gasteiger charge is -2.28. The quantitative estimate of drug-likeness (QED) is 0.595. The van der Waals surface area contributed by atoms with Crippen LogP contribution in [0.15, 0.2) is 6.20 Å². The molecule has 1 saturated carbocycles. The van der Waals surface area contributed by atoms with Crippen molar-refractivity contribution < 1.29 is 0 Å². The summed E-state index contributed by atoms with van der Waals surface area (Å²) in [7, 11) is 0. The lowest BCUT2D eigenvalue weighted by molar-refractivity contribution is 0.181. The van der Waals surface area contributed by atoms with E-state index < -0.39 is 0 Å². The number of nitrogens with two attached hydrogens (primary N) is 1. The van der Waals surface area contributed by atoms with Crippen LogP contribution in [0.25, 0.3) is 0 Å². The fourth-order valence-corrected chi connectivity index (χ4v) is 3.48. The van der Waals surface area contributed by atoms with E-state index in [1.54, 1.807) is 11.3 Å². The minimum absolute atomic E-state index is 0.770. The number of aromatic nitrogens is 1. The van der Waals surface area contributed by atoms with Crippen molar-refractivity contribution in [3.8, 4) is 0 Å². The molecule has 0 unspecified atom stereocenters. The van der Waals surface area contributed by atoms with Crippen molar-refractivity contribution >= 4 is 16.5 Å². The van der Waals surface area contributed by atoms with Crippen molar-refractivity contribution in [2.45, 2.75) is 58.5 Å². The van der Waals surface area contributed by atoms with Gasteiger partial charge in [-0.1, -0.05) is 38.0 Å². The monoisotopic (exact) mass is 282 g/mol. The second-order valence-corrected chi connectivity index (χ2v) is 6.98. The zero-order valence-corrected chi connectivity index (χ0v) is 12.9. The Kier molecular flexibility index (Phi) is 5.60. The normalized spacial score (nSPS) is 16.7. The largest absolute Gasteiger partial charge is 0.300 e. The maximum Gasteiger partial charge on any atom is 0.197 e. The van der Waals surface area contributed by atoms with Crippen LogP contribution < -0.4 is 11.3 Å². The van der Waals surface area contributed by atoms with Gasteiger partial charge in [0.2, 0.25) is 0 Å². The molecule has 2 rings (SSSR count). The molecule has 0 amide bonds. The molecule has 3 N–H and O–H groups in total. The van der Waals surface area contributed by atoms with Crippen LogP contribution in [0.5, 0.6) is 0 Å². The summed E-state index contributed by atoms with van der Waals surface area (Å²) in [5.41, 5.74) is 2.63. The highest BCUT2D eigenvalue weighted by Gasteiger charge is 2.23. The van der Waals surface area contributed by atoms with E-state index in [0.717, 1.165) is 23.6 Å². The highest BCUT2D eigenvalue weighted by molar-refractivity contribution is 7.15. The summed E-state index contributed by atoms with van der Waals surface area (Å²) < 4.78 is 0. The molecule has 0 atom stereocenters. The fourth-order valence-electron chi connectivity index (χ4n) is 2.73. The van der Waals surface area contributed by atoms with Crippen LogP contribution in [0.4, 0.5) is 5.13 Å². The summed E-state index contributed by atoms with van der Waals surface area (Å²) in [6, 6.07) is 0.773. The van der Waals surface area contributed by atoms with Crippen molar-refractivity contribution in [1.82, 2.24) is 9.88 Å². The molecule has 1 aromatic heterocycles. The van der Waals surface area contributed by atoms with Gasteiger partial charge >= 0.3 is 0 Å². The third kappa shape index (κ3) is 4.44. The molecule has 108 valence electrons. The highest BCUT2D eigenvalue weighted by atomic mass is 32.1. The van der Waals surface area contributed by atoms with Crippen LogP contribution in [-0.2, 0) is 6.54 Å². The number of hydrogen-bond donors (Lipinski definition) is 2. The molecule has 0 spiro atoms. The lowest BCUT2D eigenvalue weighted by Crippen LogP contribution is -2.33. The van der Waals surface area contributed by atoms with Crippen LogP contribution in [0, 0.1) is 5.92 Å². The van der Waals surface area contributed by atoms with Crippen molar-refractivity contribution in [3.05, 3.63) is 11.1 Å². The molecule has 1 heterocycles. The van der Waals surface area contributed by atoms with Crippen LogP contribution in [0.1, 0.15) is 50.8 Å². The molecule has 0 radical (unpaired) electrons. The summed E-state index contributed by atoms with van der Waals surface area (Å²) in [6.45, 7) is 6.83. The van der Waals surface area contributed by atoms with Crippen molar-refractivity contribution in [2.75, 3.05) is 12.0 Å². The summed E-state index contributed by atoms with van der Waals surface area (Å²) in [4.78, 5) is 8.23. The van der Waals surface area contributed by atoms with Crippen LogP contribution in [0.2, 0.25) is 0 Å². The molecule has 1 aliphatic rings. The van der Waals surface area contributed by atoms with E-state index in [9.17, 15) is 0 Å². The first kappa shape index (κ1) is 14.8. The summed E-state index contributed by atoms with van der Waals surface area (Å²) >= 11 is 1.67. The van der Waals surface area contributed by atoms with Crippen molar-refractivity contribution in [1.29, 1.82) is 0 Å². The van der Waals surface area contributed by atoms with E-state index in [1.807, 2.05) is 6.20 Å². The number of nitrogens with one attached hydrogen (secondary N) is 1. The molecule has 0 aliphatic heterocycles. The molecule has 5 heteroatoms. The van der Waals surface area contributed by atoms with Crippen molar-refractivity contribution in [2.24, 2.45) is 11.8 Å². The first-order chi connectivity index (χ1) is 9.19. The van der Waals surface area contributed by atoms with Crippen LogP contribution >= 0.6 is 11.3 Å². The van der Waals surface area contributed by atoms with Crippen LogP contribution in [0.3, 0.4) is 0 Å². The number of hydrogen-bond acceptors (Lipinski definition) is 5. The Balaban J connectivity index is 1.95. The van der Waals surface area contributed by atoms with Gasteiger partial charge in [0.15, 0.2) is 5.13 Å². The maximum absolute atomic E-state index is 5.40. The molecule has 4 nitrogen and oxygen atoms in total. The Bertz CT molecular complexity index is 371. The second kappa shape index (κ2) is 7.22. The van der Waals surface area contributed by atoms with Gasteiger partial charge < -0.3 is 0 Å². The number of nitrogen functional groups attached to an aromatic ring is 1. The van der Waals surface area contributed by atoms with Crippen LogP contribution in [-0.4, -0.2) is 22.5 Å². The van der Waals surface area contributed by atoms with Gasteiger partial charge in [-0.2, -0.15) is 0 Å². The molecule has 1 aromatic rings. The van der Waals surface area contributed by atoms with Gasteiger partial charge in [0.1, 0.15) is 0 Å². The van der Waals surface area contributed by atoms with Crippen molar-refractivity contribution in [3.63, 3.8) is 0 Å². The molecular formula is C14H26N4S. The number of rotatable bonds is 7. The molecular weight excluding hydrogens is 256 g/mol. The fraction of sp³-hybridized carbons (Fsp3) is 0.786. The van der Waals surface area contributed by atoms with Gasteiger partial charge in [0.05, 0.1) is 0 Å². The number of anilines is 1. The Hall–Kier alpha value is -0.650.